The quantitative estimate of drug-likeness (QED) is 0.836. The Morgan fingerprint density at radius 2 is 1.84 bits per heavy atom. The Morgan fingerprint density at radius 3 is 2.47 bits per heavy atom. The molecule has 1 saturated heterocycles. The molecule has 0 spiro atoms. The molecule has 1 aromatic carbocycles. The van der Waals surface area contributed by atoms with Crippen LogP contribution in [0.1, 0.15) is 39.0 Å². The van der Waals surface area contributed by atoms with E-state index in [1.807, 2.05) is 0 Å². The third kappa shape index (κ3) is 3.63. The van der Waals surface area contributed by atoms with Crippen LogP contribution >= 0.6 is 23.5 Å². The van der Waals surface area contributed by atoms with E-state index in [1.54, 1.807) is 0 Å². The van der Waals surface area contributed by atoms with Gasteiger partial charge in [-0.2, -0.15) is 11.8 Å². The molecular formula is C16H23NS2. The van der Waals surface area contributed by atoms with Crippen molar-refractivity contribution in [1.82, 2.24) is 0 Å². The first-order chi connectivity index (χ1) is 9.31. The van der Waals surface area contributed by atoms with Gasteiger partial charge in [0.05, 0.1) is 0 Å². The molecule has 0 amide bonds. The van der Waals surface area contributed by atoms with E-state index in [1.165, 1.54) is 48.4 Å². The Labute approximate surface area is 125 Å². The van der Waals surface area contributed by atoms with Gasteiger partial charge in [0.15, 0.2) is 0 Å². The Morgan fingerprint density at radius 1 is 1.11 bits per heavy atom. The lowest BCUT2D eigenvalue weighted by atomic mass is 10.1. The summed E-state index contributed by atoms with van der Waals surface area (Å²) in [7, 11) is 0. The van der Waals surface area contributed by atoms with Crippen LogP contribution < -0.4 is 5.32 Å². The number of nitrogens with one attached hydrogen (secondary N) is 1. The molecule has 3 heteroatoms. The summed E-state index contributed by atoms with van der Waals surface area (Å²) in [4.78, 5) is 1.44. The third-order valence-corrected chi connectivity index (χ3v) is 6.86. The zero-order chi connectivity index (χ0) is 13.1. The van der Waals surface area contributed by atoms with Gasteiger partial charge in [-0.25, -0.2) is 0 Å². The minimum atomic E-state index is 0.651. The van der Waals surface area contributed by atoms with Gasteiger partial charge in [-0.3, -0.25) is 0 Å². The van der Waals surface area contributed by atoms with Gasteiger partial charge in [0.1, 0.15) is 0 Å². The van der Waals surface area contributed by atoms with Crippen LogP contribution in [-0.2, 0) is 0 Å². The van der Waals surface area contributed by atoms with Gasteiger partial charge in [0.2, 0.25) is 0 Å². The zero-order valence-corrected chi connectivity index (χ0v) is 13.2. The van der Waals surface area contributed by atoms with E-state index >= 15 is 0 Å². The first-order valence-corrected chi connectivity index (χ1v) is 9.39. The first-order valence-electron chi connectivity index (χ1n) is 7.46. The number of hydrogen-bond donors (Lipinski definition) is 1. The van der Waals surface area contributed by atoms with E-state index in [2.05, 4.69) is 60.0 Å². The summed E-state index contributed by atoms with van der Waals surface area (Å²) in [5.41, 5.74) is 1.29. The molecule has 1 aliphatic carbocycles. The molecule has 0 aromatic heterocycles. The predicted molar refractivity (Wildman–Crippen MR) is 88.5 cm³/mol. The maximum atomic E-state index is 3.68. The van der Waals surface area contributed by atoms with Crippen molar-refractivity contribution < 1.29 is 0 Å². The minimum Gasteiger partial charge on any atom is -0.381 e. The highest BCUT2D eigenvalue weighted by molar-refractivity contribution is 8.00. The van der Waals surface area contributed by atoms with E-state index < -0.39 is 0 Å². The Bertz CT molecular complexity index is 398. The average Bonchev–Trinajstić information content (AvgIpc) is 3.05. The van der Waals surface area contributed by atoms with Crippen LogP contribution in [0.25, 0.3) is 0 Å². The molecule has 2 unspecified atom stereocenters. The van der Waals surface area contributed by atoms with Crippen LogP contribution in [0.5, 0.6) is 0 Å². The van der Waals surface area contributed by atoms with E-state index in [9.17, 15) is 0 Å². The van der Waals surface area contributed by atoms with Gasteiger partial charge in [-0.15, -0.1) is 11.8 Å². The standard InChI is InChI=1S/C16H23NS2/c1-12-16(10-11-18-12)17-13-6-8-15(9-7-13)19-14-4-2-3-5-14/h6-9,12,14,16-17H,2-5,10-11H2,1H3. The molecule has 19 heavy (non-hydrogen) atoms. The van der Waals surface area contributed by atoms with Crippen molar-refractivity contribution in [3.05, 3.63) is 24.3 Å². The molecule has 1 N–H and O–H groups in total. The summed E-state index contributed by atoms with van der Waals surface area (Å²) in [6.07, 6.45) is 6.95. The molecule has 2 atom stereocenters. The second-order valence-electron chi connectivity index (χ2n) is 5.66. The van der Waals surface area contributed by atoms with Crippen LogP contribution in [-0.4, -0.2) is 22.3 Å². The fourth-order valence-corrected chi connectivity index (χ4v) is 5.41. The number of hydrogen-bond acceptors (Lipinski definition) is 3. The van der Waals surface area contributed by atoms with Crippen LogP contribution in [0.4, 0.5) is 5.69 Å². The molecule has 0 radical (unpaired) electrons. The van der Waals surface area contributed by atoms with Crippen molar-refractivity contribution in [2.75, 3.05) is 11.1 Å². The second kappa shape index (κ2) is 6.45. The van der Waals surface area contributed by atoms with Gasteiger partial charge in [-0.1, -0.05) is 19.8 Å². The minimum absolute atomic E-state index is 0.651. The largest absolute Gasteiger partial charge is 0.381 e. The van der Waals surface area contributed by atoms with E-state index in [-0.39, 0.29) is 0 Å². The first kappa shape index (κ1) is 13.7. The van der Waals surface area contributed by atoms with Gasteiger partial charge in [0, 0.05) is 27.1 Å². The van der Waals surface area contributed by atoms with Crippen molar-refractivity contribution in [1.29, 1.82) is 0 Å². The summed E-state index contributed by atoms with van der Waals surface area (Å²) in [6, 6.07) is 9.74. The van der Waals surface area contributed by atoms with Crippen molar-refractivity contribution in [3.8, 4) is 0 Å². The molecule has 2 aliphatic rings. The highest BCUT2D eigenvalue weighted by Gasteiger charge is 2.23. The summed E-state index contributed by atoms with van der Waals surface area (Å²) in [5.74, 6) is 1.30. The molecular weight excluding hydrogens is 270 g/mol. The number of benzene rings is 1. The topological polar surface area (TPSA) is 12.0 Å². The van der Waals surface area contributed by atoms with Crippen LogP contribution in [0.2, 0.25) is 0 Å². The van der Waals surface area contributed by atoms with E-state index in [4.69, 9.17) is 0 Å². The van der Waals surface area contributed by atoms with E-state index in [0.717, 1.165) is 10.5 Å². The highest BCUT2D eigenvalue weighted by atomic mass is 32.2. The molecule has 0 bridgehead atoms. The molecule has 104 valence electrons. The smallest absolute Gasteiger partial charge is 0.0385 e. The molecule has 1 nitrogen and oxygen atoms in total. The maximum absolute atomic E-state index is 3.68. The monoisotopic (exact) mass is 293 g/mol. The summed E-state index contributed by atoms with van der Waals surface area (Å²) in [6.45, 7) is 2.33. The van der Waals surface area contributed by atoms with Crippen molar-refractivity contribution in [2.45, 2.75) is 60.5 Å². The predicted octanol–water partition coefficient (Wildman–Crippen LogP) is 5.03. The SMILES string of the molecule is CC1SCCC1Nc1ccc(SC2CCCC2)cc1. The average molecular weight is 294 g/mol. The number of thioether (sulfide) groups is 2. The number of rotatable bonds is 4. The second-order valence-corrected chi connectivity index (χ2v) is 8.52. The van der Waals surface area contributed by atoms with E-state index in [0.29, 0.717) is 6.04 Å². The molecule has 1 heterocycles. The lowest BCUT2D eigenvalue weighted by Crippen LogP contribution is -2.24. The molecule has 2 fully saturated rings. The summed E-state index contributed by atoms with van der Waals surface area (Å²) in [5, 5.41) is 5.29. The van der Waals surface area contributed by atoms with Gasteiger partial charge < -0.3 is 5.32 Å². The molecule has 1 aromatic rings. The Kier molecular flexibility index (Phi) is 4.65. The van der Waals surface area contributed by atoms with Gasteiger partial charge in [-0.05, 0) is 49.3 Å². The van der Waals surface area contributed by atoms with Crippen molar-refractivity contribution >= 4 is 29.2 Å². The molecule has 1 saturated carbocycles. The van der Waals surface area contributed by atoms with Gasteiger partial charge in [0.25, 0.3) is 0 Å². The maximum Gasteiger partial charge on any atom is 0.0385 e. The fraction of sp³-hybridized carbons (Fsp3) is 0.625. The highest BCUT2D eigenvalue weighted by Crippen LogP contribution is 2.35. The van der Waals surface area contributed by atoms with Crippen molar-refractivity contribution in [2.24, 2.45) is 0 Å². The van der Waals surface area contributed by atoms with Crippen LogP contribution in [0.3, 0.4) is 0 Å². The van der Waals surface area contributed by atoms with Crippen molar-refractivity contribution in [3.63, 3.8) is 0 Å². The lowest BCUT2D eigenvalue weighted by Gasteiger charge is -2.18. The molecule has 3 rings (SSSR count). The lowest BCUT2D eigenvalue weighted by molar-refractivity contribution is 0.724. The third-order valence-electron chi connectivity index (χ3n) is 4.19. The van der Waals surface area contributed by atoms with Gasteiger partial charge >= 0.3 is 0 Å². The Hall–Kier alpha value is -0.280. The summed E-state index contributed by atoms with van der Waals surface area (Å²) < 4.78 is 0. The van der Waals surface area contributed by atoms with Crippen LogP contribution in [0.15, 0.2) is 29.2 Å². The number of anilines is 1. The normalized spacial score (nSPS) is 27.8. The Balaban J connectivity index is 1.55. The summed E-state index contributed by atoms with van der Waals surface area (Å²) >= 11 is 4.15. The molecule has 1 aliphatic heterocycles. The van der Waals surface area contributed by atoms with Crippen LogP contribution in [0, 0.1) is 0 Å². The fourth-order valence-electron chi connectivity index (χ4n) is 2.96. The zero-order valence-electron chi connectivity index (χ0n) is 11.6.